The lowest BCUT2D eigenvalue weighted by Gasteiger charge is -2.05. The topological polar surface area (TPSA) is 56.9 Å². The highest BCUT2D eigenvalue weighted by Gasteiger charge is 2.02. The number of imidazole rings is 1. The molecule has 1 N–H and O–H groups in total. The minimum Gasteiger partial charge on any atom is -0.385 e. The van der Waals surface area contributed by atoms with E-state index in [0.717, 1.165) is 37.8 Å². The Morgan fingerprint density at radius 1 is 1.37 bits per heavy atom. The van der Waals surface area contributed by atoms with Crippen molar-refractivity contribution in [3.63, 3.8) is 0 Å². The van der Waals surface area contributed by atoms with Crippen molar-refractivity contribution in [3.05, 3.63) is 30.5 Å². The Bertz CT molecular complexity index is 491. The quantitative estimate of drug-likeness (QED) is 0.737. The second-order valence-electron chi connectivity index (χ2n) is 4.29. The predicted octanol–water partition coefficient (Wildman–Crippen LogP) is 1.75. The van der Waals surface area contributed by atoms with E-state index in [4.69, 9.17) is 4.74 Å². The van der Waals surface area contributed by atoms with Crippen molar-refractivity contribution in [2.45, 2.75) is 33.0 Å². The minimum absolute atomic E-state index is 0.690. The summed E-state index contributed by atoms with van der Waals surface area (Å²) < 4.78 is 9.06. The van der Waals surface area contributed by atoms with Crippen LogP contribution in [-0.4, -0.2) is 33.0 Å². The Balaban J connectivity index is 1.83. The molecule has 2 aromatic rings. The maximum atomic E-state index is 5.02. The van der Waals surface area contributed by atoms with Gasteiger partial charge in [0, 0.05) is 51.5 Å². The van der Waals surface area contributed by atoms with Crippen molar-refractivity contribution in [1.82, 2.24) is 19.3 Å². The van der Waals surface area contributed by atoms with Crippen LogP contribution in [-0.2, 0) is 24.4 Å². The van der Waals surface area contributed by atoms with Gasteiger partial charge in [-0.05, 0) is 13.3 Å². The van der Waals surface area contributed by atoms with E-state index in [1.807, 2.05) is 29.3 Å². The average molecular weight is 263 g/mol. The molecular formula is C13H21N5O. The number of hydrogen-bond donors (Lipinski definition) is 1. The highest BCUT2D eigenvalue weighted by atomic mass is 16.5. The zero-order chi connectivity index (χ0) is 13.5. The van der Waals surface area contributed by atoms with Crippen molar-refractivity contribution in [3.8, 4) is 0 Å². The van der Waals surface area contributed by atoms with Crippen LogP contribution in [0.1, 0.15) is 19.2 Å². The van der Waals surface area contributed by atoms with Gasteiger partial charge in [-0.2, -0.15) is 5.10 Å². The molecular weight excluding hydrogens is 242 g/mol. The number of hydrogen-bond acceptors (Lipinski definition) is 4. The number of ether oxygens (including phenoxy) is 1. The number of rotatable bonds is 8. The lowest BCUT2D eigenvalue weighted by molar-refractivity contribution is 0.189. The summed E-state index contributed by atoms with van der Waals surface area (Å²) in [5, 5.41) is 7.74. The van der Waals surface area contributed by atoms with Crippen LogP contribution in [0, 0.1) is 0 Å². The molecule has 6 heteroatoms. The van der Waals surface area contributed by atoms with Crippen molar-refractivity contribution < 1.29 is 4.74 Å². The fourth-order valence-corrected chi connectivity index (χ4v) is 1.92. The molecule has 6 nitrogen and oxygen atoms in total. The third-order valence-electron chi connectivity index (χ3n) is 2.95. The molecule has 0 saturated heterocycles. The molecule has 0 aliphatic carbocycles. The molecule has 0 saturated carbocycles. The standard InChI is InChI=1S/C13H21N5O/c1-3-17-9-6-14-13(17)11-15-12-5-8-18(16-12)7-4-10-19-2/h5-6,8-9H,3-4,7,10-11H2,1-2H3,(H,15,16). The third-order valence-corrected chi connectivity index (χ3v) is 2.95. The van der Waals surface area contributed by atoms with Crippen LogP contribution >= 0.6 is 0 Å². The lowest BCUT2D eigenvalue weighted by Crippen LogP contribution is -2.08. The largest absolute Gasteiger partial charge is 0.385 e. The molecule has 104 valence electrons. The minimum atomic E-state index is 0.690. The van der Waals surface area contributed by atoms with Gasteiger partial charge in [-0.15, -0.1) is 0 Å². The van der Waals surface area contributed by atoms with Crippen LogP contribution in [0.15, 0.2) is 24.7 Å². The molecule has 0 aromatic carbocycles. The van der Waals surface area contributed by atoms with E-state index in [9.17, 15) is 0 Å². The molecule has 0 aliphatic heterocycles. The summed E-state index contributed by atoms with van der Waals surface area (Å²) in [6.45, 7) is 5.36. The molecule has 0 spiro atoms. The molecule has 0 amide bonds. The van der Waals surface area contributed by atoms with E-state index >= 15 is 0 Å². The smallest absolute Gasteiger partial charge is 0.148 e. The molecule has 2 heterocycles. The summed E-state index contributed by atoms with van der Waals surface area (Å²) in [5.41, 5.74) is 0. The van der Waals surface area contributed by atoms with Crippen LogP contribution in [0.2, 0.25) is 0 Å². The van der Waals surface area contributed by atoms with Crippen LogP contribution < -0.4 is 5.32 Å². The molecule has 0 unspecified atom stereocenters. The molecule has 2 aromatic heterocycles. The van der Waals surface area contributed by atoms with Gasteiger partial charge in [0.2, 0.25) is 0 Å². The number of nitrogens with one attached hydrogen (secondary N) is 1. The Morgan fingerprint density at radius 3 is 3.05 bits per heavy atom. The van der Waals surface area contributed by atoms with Crippen molar-refractivity contribution >= 4 is 5.82 Å². The fraction of sp³-hybridized carbons (Fsp3) is 0.538. The van der Waals surface area contributed by atoms with Gasteiger partial charge in [0.25, 0.3) is 0 Å². The summed E-state index contributed by atoms with van der Waals surface area (Å²) in [6, 6.07) is 1.98. The molecule has 0 aliphatic rings. The highest BCUT2D eigenvalue weighted by molar-refractivity contribution is 5.32. The Kier molecular flexibility index (Phi) is 4.97. The molecule has 0 atom stereocenters. The maximum Gasteiger partial charge on any atom is 0.148 e. The molecule has 0 radical (unpaired) electrons. The first-order chi connectivity index (χ1) is 9.33. The average Bonchev–Trinajstić information content (AvgIpc) is 3.05. The first-order valence-corrected chi connectivity index (χ1v) is 6.59. The number of aryl methyl sites for hydroxylation is 2. The Labute approximate surface area is 113 Å². The van der Waals surface area contributed by atoms with Crippen LogP contribution in [0.3, 0.4) is 0 Å². The fourth-order valence-electron chi connectivity index (χ4n) is 1.92. The summed E-state index contributed by atoms with van der Waals surface area (Å²) >= 11 is 0. The molecule has 0 bridgehead atoms. The summed E-state index contributed by atoms with van der Waals surface area (Å²) in [7, 11) is 1.71. The second-order valence-corrected chi connectivity index (χ2v) is 4.29. The Hall–Kier alpha value is -1.82. The number of methoxy groups -OCH3 is 1. The van der Waals surface area contributed by atoms with Gasteiger partial charge in [-0.3, -0.25) is 4.68 Å². The van der Waals surface area contributed by atoms with Gasteiger partial charge in [0.05, 0.1) is 6.54 Å². The molecule has 2 rings (SSSR count). The van der Waals surface area contributed by atoms with Gasteiger partial charge in [0.15, 0.2) is 0 Å². The maximum absolute atomic E-state index is 5.02. The Morgan fingerprint density at radius 2 is 2.26 bits per heavy atom. The van der Waals surface area contributed by atoms with E-state index in [1.54, 1.807) is 7.11 Å². The number of nitrogens with zero attached hydrogens (tertiary/aromatic N) is 4. The van der Waals surface area contributed by atoms with E-state index in [2.05, 4.69) is 26.9 Å². The van der Waals surface area contributed by atoms with Crippen LogP contribution in [0.4, 0.5) is 5.82 Å². The zero-order valence-corrected chi connectivity index (χ0v) is 11.5. The predicted molar refractivity (Wildman–Crippen MR) is 73.9 cm³/mol. The summed E-state index contributed by atoms with van der Waals surface area (Å²) in [6.07, 6.45) is 6.76. The van der Waals surface area contributed by atoms with Crippen LogP contribution in [0.5, 0.6) is 0 Å². The van der Waals surface area contributed by atoms with Gasteiger partial charge in [-0.25, -0.2) is 4.98 Å². The van der Waals surface area contributed by atoms with E-state index < -0.39 is 0 Å². The lowest BCUT2D eigenvalue weighted by atomic mass is 10.4. The van der Waals surface area contributed by atoms with Gasteiger partial charge in [-0.1, -0.05) is 0 Å². The first-order valence-electron chi connectivity index (χ1n) is 6.59. The number of anilines is 1. The van der Waals surface area contributed by atoms with Crippen molar-refractivity contribution in [2.24, 2.45) is 0 Å². The van der Waals surface area contributed by atoms with Crippen molar-refractivity contribution in [1.29, 1.82) is 0 Å². The normalized spacial score (nSPS) is 10.8. The zero-order valence-electron chi connectivity index (χ0n) is 11.5. The van der Waals surface area contributed by atoms with Crippen LogP contribution in [0.25, 0.3) is 0 Å². The second kappa shape index (κ2) is 6.94. The van der Waals surface area contributed by atoms with E-state index in [-0.39, 0.29) is 0 Å². The van der Waals surface area contributed by atoms with E-state index in [0.29, 0.717) is 6.54 Å². The van der Waals surface area contributed by atoms with Gasteiger partial charge in [0.1, 0.15) is 11.6 Å². The molecule has 19 heavy (non-hydrogen) atoms. The SMILES string of the molecule is CCn1ccnc1CNc1ccn(CCCOC)n1. The third kappa shape index (κ3) is 3.82. The van der Waals surface area contributed by atoms with E-state index in [1.165, 1.54) is 0 Å². The monoisotopic (exact) mass is 263 g/mol. The van der Waals surface area contributed by atoms with Crippen molar-refractivity contribution in [2.75, 3.05) is 19.0 Å². The summed E-state index contributed by atoms with van der Waals surface area (Å²) in [4.78, 5) is 4.32. The highest BCUT2D eigenvalue weighted by Crippen LogP contribution is 2.06. The number of aromatic nitrogens is 4. The summed E-state index contributed by atoms with van der Waals surface area (Å²) in [5.74, 6) is 1.90. The first kappa shape index (κ1) is 13.6. The van der Waals surface area contributed by atoms with Gasteiger partial charge < -0.3 is 14.6 Å². The molecule has 0 fully saturated rings. The van der Waals surface area contributed by atoms with Gasteiger partial charge >= 0.3 is 0 Å².